The Morgan fingerprint density at radius 1 is 0.933 bits per heavy atom. The number of fused-ring (bicyclic) bond motifs is 2. The van der Waals surface area contributed by atoms with Crippen LogP contribution in [0.15, 0.2) is 67.1 Å². The van der Waals surface area contributed by atoms with Gasteiger partial charge in [0.25, 0.3) is 0 Å². The van der Waals surface area contributed by atoms with Crippen LogP contribution in [0.25, 0.3) is 55.2 Å². The summed E-state index contributed by atoms with van der Waals surface area (Å²) < 4.78 is 13.6. The van der Waals surface area contributed by atoms with Crippen molar-refractivity contribution in [3.8, 4) is 33.2 Å². The second kappa shape index (κ2) is 6.57. The minimum Gasteiger partial charge on any atom is -0.352 e. The number of nitrogens with one attached hydrogen (secondary N) is 2. The van der Waals surface area contributed by atoms with Gasteiger partial charge in [-0.3, -0.25) is 15.1 Å². The second-order valence-corrected chi connectivity index (χ2v) is 7.85. The molecule has 0 bridgehead atoms. The summed E-state index contributed by atoms with van der Waals surface area (Å²) in [7, 11) is 0. The summed E-state index contributed by atoms with van der Waals surface area (Å²) >= 11 is 1.10. The first-order valence-electron chi connectivity index (χ1n) is 9.25. The van der Waals surface area contributed by atoms with Gasteiger partial charge in [-0.1, -0.05) is 6.07 Å². The summed E-state index contributed by atoms with van der Waals surface area (Å²) in [4.78, 5) is 17.7. The van der Waals surface area contributed by atoms with Crippen molar-refractivity contribution in [1.82, 2.24) is 30.1 Å². The fraction of sp³-hybridized carbons (Fsp3) is 0. The van der Waals surface area contributed by atoms with Crippen molar-refractivity contribution in [3.63, 3.8) is 0 Å². The molecule has 0 aliphatic rings. The zero-order chi connectivity index (χ0) is 20.1. The number of hydrogen-bond acceptors (Lipinski definition) is 5. The van der Waals surface area contributed by atoms with Crippen molar-refractivity contribution < 1.29 is 4.39 Å². The lowest BCUT2D eigenvalue weighted by Gasteiger charge is -2.00. The Kier molecular flexibility index (Phi) is 3.72. The molecule has 0 aromatic carbocycles. The van der Waals surface area contributed by atoms with Crippen LogP contribution < -0.4 is 0 Å². The zero-order valence-corrected chi connectivity index (χ0v) is 16.2. The van der Waals surface area contributed by atoms with Crippen LogP contribution in [0.5, 0.6) is 0 Å². The van der Waals surface area contributed by atoms with Crippen molar-refractivity contribution in [1.29, 1.82) is 0 Å². The standard InChI is InChI=1S/C22H13FN6S/c23-20-7-6-19(30-20)13-10-24-11-18-12(13)9-17(26-18)22-21-16(28-29-22)5-4-15(27-21)14-3-1-2-8-25-14/h1-11,26H,(H,28,29). The van der Waals surface area contributed by atoms with Crippen molar-refractivity contribution in [2.45, 2.75) is 0 Å². The summed E-state index contributed by atoms with van der Waals surface area (Å²) in [5, 5.41) is 8.27. The maximum absolute atomic E-state index is 13.6. The molecule has 0 unspecified atom stereocenters. The molecule has 6 heterocycles. The van der Waals surface area contributed by atoms with Gasteiger partial charge in [0, 0.05) is 28.2 Å². The highest BCUT2D eigenvalue weighted by Gasteiger charge is 2.16. The Bertz CT molecular complexity index is 1520. The van der Waals surface area contributed by atoms with E-state index in [0.717, 1.165) is 60.8 Å². The quantitative estimate of drug-likeness (QED) is 0.406. The van der Waals surface area contributed by atoms with E-state index in [0.29, 0.717) is 5.69 Å². The molecule has 0 saturated carbocycles. The lowest BCUT2D eigenvalue weighted by Crippen LogP contribution is -1.87. The fourth-order valence-corrected chi connectivity index (χ4v) is 4.33. The molecule has 0 aliphatic carbocycles. The van der Waals surface area contributed by atoms with Gasteiger partial charge >= 0.3 is 0 Å². The maximum Gasteiger partial charge on any atom is 0.176 e. The summed E-state index contributed by atoms with van der Waals surface area (Å²) in [6, 6.07) is 14.9. The van der Waals surface area contributed by atoms with E-state index in [2.05, 4.69) is 25.1 Å². The van der Waals surface area contributed by atoms with Crippen LogP contribution in [0.3, 0.4) is 0 Å². The summed E-state index contributed by atoms with van der Waals surface area (Å²) in [5.74, 6) is 0. The summed E-state index contributed by atoms with van der Waals surface area (Å²) in [6.07, 6.45) is 5.26. The van der Waals surface area contributed by atoms with Crippen molar-refractivity contribution in [3.05, 3.63) is 72.3 Å². The molecule has 0 fully saturated rings. The number of nitrogens with zero attached hydrogens (tertiary/aromatic N) is 4. The van der Waals surface area contributed by atoms with E-state index in [4.69, 9.17) is 4.98 Å². The lowest BCUT2D eigenvalue weighted by atomic mass is 10.1. The highest BCUT2D eigenvalue weighted by atomic mass is 32.1. The molecule has 0 aliphatic heterocycles. The third-order valence-corrected chi connectivity index (χ3v) is 5.88. The smallest absolute Gasteiger partial charge is 0.176 e. The van der Waals surface area contributed by atoms with Gasteiger partial charge in [-0.2, -0.15) is 9.49 Å². The predicted molar refractivity (Wildman–Crippen MR) is 115 cm³/mol. The van der Waals surface area contributed by atoms with Gasteiger partial charge in [0.05, 0.1) is 34.3 Å². The van der Waals surface area contributed by atoms with Gasteiger partial charge in [0.1, 0.15) is 11.2 Å². The Balaban J connectivity index is 1.52. The normalized spacial score (nSPS) is 11.5. The average Bonchev–Trinajstić information content (AvgIpc) is 3.51. The maximum atomic E-state index is 13.6. The molecule has 0 saturated heterocycles. The first-order valence-corrected chi connectivity index (χ1v) is 10.1. The van der Waals surface area contributed by atoms with Crippen LogP contribution >= 0.6 is 11.3 Å². The highest BCUT2D eigenvalue weighted by Crippen LogP contribution is 2.35. The van der Waals surface area contributed by atoms with E-state index in [1.807, 2.05) is 36.4 Å². The first-order chi connectivity index (χ1) is 14.8. The lowest BCUT2D eigenvalue weighted by molar-refractivity contribution is 0.657. The first kappa shape index (κ1) is 17.0. The molecule has 0 atom stereocenters. The van der Waals surface area contributed by atoms with Crippen LogP contribution in [0.4, 0.5) is 4.39 Å². The topological polar surface area (TPSA) is 83.1 Å². The Hall–Kier alpha value is -3.91. The average molecular weight is 412 g/mol. The number of rotatable bonds is 3. The fourth-order valence-electron chi connectivity index (χ4n) is 3.58. The second-order valence-electron chi connectivity index (χ2n) is 6.81. The molecule has 0 radical (unpaired) electrons. The predicted octanol–water partition coefficient (Wildman–Crippen LogP) is 5.43. The molecule has 2 N–H and O–H groups in total. The van der Waals surface area contributed by atoms with E-state index >= 15 is 0 Å². The van der Waals surface area contributed by atoms with Crippen LogP contribution in [0, 0.1) is 5.13 Å². The highest BCUT2D eigenvalue weighted by molar-refractivity contribution is 7.14. The zero-order valence-electron chi connectivity index (χ0n) is 15.4. The van der Waals surface area contributed by atoms with E-state index in [-0.39, 0.29) is 5.13 Å². The van der Waals surface area contributed by atoms with Crippen molar-refractivity contribution >= 4 is 33.3 Å². The molecular formula is C22H13FN6S. The summed E-state index contributed by atoms with van der Waals surface area (Å²) in [6.45, 7) is 0. The number of H-pyrrole nitrogens is 2. The molecule has 6 nitrogen and oxygen atoms in total. The van der Waals surface area contributed by atoms with Crippen LogP contribution in [0.2, 0.25) is 0 Å². The SMILES string of the molecule is Fc1ccc(-c2cncc3[nH]c(-c4n[nH]c5ccc(-c6ccccn6)nc45)cc23)s1. The third kappa shape index (κ3) is 2.69. The van der Waals surface area contributed by atoms with Crippen molar-refractivity contribution in [2.75, 3.05) is 0 Å². The molecule has 144 valence electrons. The number of halogens is 1. The Morgan fingerprint density at radius 2 is 1.90 bits per heavy atom. The Labute approximate surface area is 173 Å². The molecular weight excluding hydrogens is 399 g/mol. The molecule has 6 aromatic heterocycles. The van der Waals surface area contributed by atoms with E-state index in [1.165, 1.54) is 6.07 Å². The molecule has 0 spiro atoms. The van der Waals surface area contributed by atoms with Gasteiger partial charge in [-0.05, 0) is 42.5 Å². The number of aromatic nitrogens is 6. The number of thiophene rings is 1. The number of hydrogen-bond donors (Lipinski definition) is 2. The van der Waals surface area contributed by atoms with Gasteiger partial charge in [-0.15, -0.1) is 11.3 Å². The number of pyridine rings is 3. The monoisotopic (exact) mass is 412 g/mol. The molecule has 0 amide bonds. The van der Waals surface area contributed by atoms with Gasteiger partial charge < -0.3 is 4.98 Å². The third-order valence-electron chi connectivity index (χ3n) is 4.97. The van der Waals surface area contributed by atoms with Gasteiger partial charge in [0.2, 0.25) is 0 Å². The molecule has 6 aromatic rings. The van der Waals surface area contributed by atoms with Gasteiger partial charge in [-0.25, -0.2) is 4.98 Å². The summed E-state index contributed by atoms with van der Waals surface area (Å²) in [5.41, 5.74) is 6.42. The minimum atomic E-state index is -0.220. The molecule has 30 heavy (non-hydrogen) atoms. The largest absolute Gasteiger partial charge is 0.352 e. The Morgan fingerprint density at radius 3 is 2.73 bits per heavy atom. The number of aromatic amines is 2. The van der Waals surface area contributed by atoms with Gasteiger partial charge in [0.15, 0.2) is 5.13 Å². The van der Waals surface area contributed by atoms with E-state index < -0.39 is 0 Å². The molecule has 8 heteroatoms. The molecule has 6 rings (SSSR count). The van der Waals surface area contributed by atoms with E-state index in [9.17, 15) is 4.39 Å². The minimum absolute atomic E-state index is 0.220. The van der Waals surface area contributed by atoms with Crippen LogP contribution in [-0.4, -0.2) is 30.1 Å². The van der Waals surface area contributed by atoms with E-state index in [1.54, 1.807) is 24.7 Å². The van der Waals surface area contributed by atoms with Crippen LogP contribution in [-0.2, 0) is 0 Å². The van der Waals surface area contributed by atoms with Crippen molar-refractivity contribution in [2.24, 2.45) is 0 Å². The van der Waals surface area contributed by atoms with Crippen LogP contribution in [0.1, 0.15) is 0 Å².